The van der Waals surface area contributed by atoms with Crippen molar-refractivity contribution < 1.29 is 23.8 Å². The average Bonchev–Trinajstić information content (AvgIpc) is 2.96. The first kappa shape index (κ1) is 17.6. The van der Waals surface area contributed by atoms with Gasteiger partial charge in [-0.3, -0.25) is 9.59 Å². The fourth-order valence-corrected chi connectivity index (χ4v) is 3.89. The average molecular weight is 363 g/mol. The number of carboxylic acids is 1. The van der Waals surface area contributed by atoms with Gasteiger partial charge in [0.05, 0.1) is 24.0 Å². The largest absolute Gasteiger partial charge is 0.481 e. The fraction of sp³-hybridized carbons (Fsp3) is 0.333. The summed E-state index contributed by atoms with van der Waals surface area (Å²) in [5.41, 5.74) is 1.77. The molecule has 3 rings (SSSR count). The van der Waals surface area contributed by atoms with Crippen LogP contribution < -0.4 is 0 Å². The van der Waals surface area contributed by atoms with Gasteiger partial charge in [-0.15, -0.1) is 11.3 Å². The zero-order chi connectivity index (χ0) is 18.0. The highest BCUT2D eigenvalue weighted by atomic mass is 32.1. The highest BCUT2D eigenvalue weighted by molar-refractivity contribution is 7.14. The molecule has 0 radical (unpaired) electrons. The molecule has 1 N–H and O–H groups in total. The van der Waals surface area contributed by atoms with Crippen molar-refractivity contribution in [3.05, 3.63) is 45.9 Å². The Hall–Kier alpha value is -2.25. The SMILES string of the molecule is Cc1sc(C(=O)N2CCO[C@@H](CC(=O)O)C2)cc1-c1ccc(F)cc1. The van der Waals surface area contributed by atoms with Crippen molar-refractivity contribution >= 4 is 23.2 Å². The number of benzene rings is 1. The van der Waals surface area contributed by atoms with Crippen LogP contribution in [0.4, 0.5) is 4.39 Å². The summed E-state index contributed by atoms with van der Waals surface area (Å²) in [7, 11) is 0. The van der Waals surface area contributed by atoms with E-state index >= 15 is 0 Å². The summed E-state index contributed by atoms with van der Waals surface area (Å²) < 4.78 is 18.5. The van der Waals surface area contributed by atoms with Crippen LogP contribution in [0.5, 0.6) is 0 Å². The minimum Gasteiger partial charge on any atom is -0.481 e. The first-order chi connectivity index (χ1) is 11.9. The Labute approximate surface area is 148 Å². The molecule has 1 aliphatic rings. The molecule has 0 aliphatic carbocycles. The summed E-state index contributed by atoms with van der Waals surface area (Å²) in [4.78, 5) is 26.8. The van der Waals surface area contributed by atoms with E-state index in [1.165, 1.54) is 23.5 Å². The highest BCUT2D eigenvalue weighted by Crippen LogP contribution is 2.32. The fourth-order valence-electron chi connectivity index (χ4n) is 2.88. The molecule has 0 unspecified atom stereocenters. The molecule has 0 spiro atoms. The minimum atomic E-state index is -0.940. The Kier molecular flexibility index (Phi) is 5.15. The van der Waals surface area contributed by atoms with Gasteiger partial charge in [0.15, 0.2) is 0 Å². The molecule has 0 bridgehead atoms. The second-order valence-electron chi connectivity index (χ2n) is 5.93. The molecule has 1 amide bonds. The number of carbonyl (C=O) groups excluding carboxylic acids is 1. The molecule has 1 atom stereocenters. The topological polar surface area (TPSA) is 66.8 Å². The third-order valence-corrected chi connectivity index (χ3v) is 5.15. The van der Waals surface area contributed by atoms with Gasteiger partial charge >= 0.3 is 5.97 Å². The van der Waals surface area contributed by atoms with Crippen LogP contribution in [-0.2, 0) is 9.53 Å². The standard InChI is InChI=1S/C18H18FNO4S/c1-11-15(12-2-4-13(19)5-3-12)9-16(25-11)18(23)20-6-7-24-14(10-20)8-17(21)22/h2-5,9,14H,6-8,10H2,1H3,(H,21,22)/t14-/m0/s1. The number of hydrogen-bond acceptors (Lipinski definition) is 4. The number of ether oxygens (including phenoxy) is 1. The van der Waals surface area contributed by atoms with Crippen molar-refractivity contribution in [3.63, 3.8) is 0 Å². The maximum atomic E-state index is 13.1. The van der Waals surface area contributed by atoms with E-state index < -0.39 is 12.1 Å². The molecule has 25 heavy (non-hydrogen) atoms. The number of aliphatic carboxylic acids is 1. The summed E-state index contributed by atoms with van der Waals surface area (Å²) in [6, 6.07) is 7.99. The lowest BCUT2D eigenvalue weighted by Crippen LogP contribution is -2.46. The molecule has 7 heteroatoms. The number of halogens is 1. The first-order valence-corrected chi connectivity index (χ1v) is 8.74. The third kappa shape index (κ3) is 4.05. The lowest BCUT2D eigenvalue weighted by molar-refractivity contribution is -0.141. The Morgan fingerprint density at radius 1 is 1.36 bits per heavy atom. The number of amides is 1. The van der Waals surface area contributed by atoms with E-state index in [1.807, 2.05) is 13.0 Å². The van der Waals surface area contributed by atoms with Gasteiger partial charge < -0.3 is 14.7 Å². The van der Waals surface area contributed by atoms with Gasteiger partial charge in [0.1, 0.15) is 5.82 Å². The molecular weight excluding hydrogens is 345 g/mol. The number of nitrogens with zero attached hydrogens (tertiary/aromatic N) is 1. The van der Waals surface area contributed by atoms with Gasteiger partial charge in [-0.05, 0) is 36.2 Å². The molecular formula is C18H18FNO4S. The second-order valence-corrected chi connectivity index (χ2v) is 7.19. The number of carbonyl (C=O) groups is 2. The number of morpholine rings is 1. The lowest BCUT2D eigenvalue weighted by Gasteiger charge is -2.32. The van der Waals surface area contributed by atoms with E-state index in [2.05, 4.69) is 0 Å². The van der Waals surface area contributed by atoms with Crippen molar-refractivity contribution in [2.75, 3.05) is 19.7 Å². The predicted octanol–water partition coefficient (Wildman–Crippen LogP) is 3.18. The minimum absolute atomic E-state index is 0.117. The number of aryl methyl sites for hydroxylation is 1. The van der Waals surface area contributed by atoms with Crippen LogP contribution in [0.2, 0.25) is 0 Å². The molecule has 2 aromatic rings. The van der Waals surface area contributed by atoms with Crippen molar-refractivity contribution in [2.45, 2.75) is 19.4 Å². The zero-order valence-corrected chi connectivity index (χ0v) is 14.5. The van der Waals surface area contributed by atoms with Crippen LogP contribution in [0.15, 0.2) is 30.3 Å². The van der Waals surface area contributed by atoms with Crippen LogP contribution in [0, 0.1) is 12.7 Å². The normalized spacial score (nSPS) is 17.5. The lowest BCUT2D eigenvalue weighted by atomic mass is 10.1. The number of rotatable bonds is 4. The molecule has 1 aliphatic heterocycles. The van der Waals surface area contributed by atoms with Crippen LogP contribution >= 0.6 is 11.3 Å². The summed E-state index contributed by atoms with van der Waals surface area (Å²) >= 11 is 1.39. The van der Waals surface area contributed by atoms with E-state index in [4.69, 9.17) is 9.84 Å². The Balaban J connectivity index is 1.77. The molecule has 1 aromatic carbocycles. The number of thiophene rings is 1. The highest BCUT2D eigenvalue weighted by Gasteiger charge is 2.27. The van der Waals surface area contributed by atoms with Crippen molar-refractivity contribution in [3.8, 4) is 11.1 Å². The summed E-state index contributed by atoms with van der Waals surface area (Å²) in [5, 5.41) is 8.88. The smallest absolute Gasteiger partial charge is 0.306 e. The maximum absolute atomic E-state index is 13.1. The summed E-state index contributed by atoms with van der Waals surface area (Å²) in [6.07, 6.45) is -0.596. The predicted molar refractivity (Wildman–Crippen MR) is 92.3 cm³/mol. The molecule has 1 aromatic heterocycles. The molecule has 2 heterocycles. The van der Waals surface area contributed by atoms with Gasteiger partial charge in [-0.2, -0.15) is 0 Å². The molecule has 0 saturated carbocycles. The maximum Gasteiger partial charge on any atom is 0.306 e. The van der Waals surface area contributed by atoms with Crippen molar-refractivity contribution in [2.24, 2.45) is 0 Å². The van der Waals surface area contributed by atoms with E-state index in [-0.39, 0.29) is 24.7 Å². The van der Waals surface area contributed by atoms with Crippen LogP contribution in [0.1, 0.15) is 21.0 Å². The summed E-state index contributed by atoms with van der Waals surface area (Å²) in [5.74, 6) is -1.37. The van der Waals surface area contributed by atoms with Crippen molar-refractivity contribution in [1.82, 2.24) is 4.90 Å². The quantitative estimate of drug-likeness (QED) is 0.906. The van der Waals surface area contributed by atoms with Crippen LogP contribution in [0.25, 0.3) is 11.1 Å². The van der Waals surface area contributed by atoms with Gasteiger partial charge in [-0.1, -0.05) is 12.1 Å². The van der Waals surface area contributed by atoms with Gasteiger partial charge in [0, 0.05) is 18.0 Å². The van der Waals surface area contributed by atoms with E-state index in [0.29, 0.717) is 18.0 Å². The van der Waals surface area contributed by atoms with Crippen LogP contribution in [0.3, 0.4) is 0 Å². The Morgan fingerprint density at radius 2 is 2.08 bits per heavy atom. The van der Waals surface area contributed by atoms with E-state index in [0.717, 1.165) is 16.0 Å². The molecule has 5 nitrogen and oxygen atoms in total. The van der Waals surface area contributed by atoms with Crippen molar-refractivity contribution in [1.29, 1.82) is 0 Å². The van der Waals surface area contributed by atoms with Gasteiger partial charge in [0.2, 0.25) is 0 Å². The first-order valence-electron chi connectivity index (χ1n) is 7.93. The molecule has 132 valence electrons. The Bertz CT molecular complexity index is 787. The zero-order valence-electron chi connectivity index (χ0n) is 13.7. The monoisotopic (exact) mass is 363 g/mol. The van der Waals surface area contributed by atoms with Gasteiger partial charge in [0.25, 0.3) is 5.91 Å². The number of carboxylic acid groups (broad SMARTS) is 1. The van der Waals surface area contributed by atoms with E-state index in [1.54, 1.807) is 17.0 Å². The Morgan fingerprint density at radius 3 is 2.76 bits per heavy atom. The van der Waals surface area contributed by atoms with Gasteiger partial charge in [-0.25, -0.2) is 4.39 Å². The second kappa shape index (κ2) is 7.33. The molecule has 1 saturated heterocycles. The van der Waals surface area contributed by atoms with E-state index in [9.17, 15) is 14.0 Å². The summed E-state index contributed by atoms with van der Waals surface area (Å²) in [6.45, 7) is 2.97. The van der Waals surface area contributed by atoms with Crippen LogP contribution in [-0.4, -0.2) is 47.7 Å². The number of hydrogen-bond donors (Lipinski definition) is 1. The third-order valence-electron chi connectivity index (χ3n) is 4.11. The molecule has 1 fully saturated rings.